The second-order valence-electron chi connectivity index (χ2n) is 7.06. The number of nitrogens with two attached hydrogens (primary N) is 1. The van der Waals surface area contributed by atoms with E-state index in [0.29, 0.717) is 11.5 Å². The minimum Gasteiger partial charge on any atom is -0.497 e. The van der Waals surface area contributed by atoms with Crippen molar-refractivity contribution in [3.8, 4) is 22.6 Å². The minimum absolute atomic E-state index is 0.188. The number of amides is 1. The van der Waals surface area contributed by atoms with E-state index in [2.05, 4.69) is 4.99 Å². The maximum atomic E-state index is 13.4. The lowest BCUT2D eigenvalue weighted by atomic mass is 9.81. The molecule has 1 aliphatic rings. The molecule has 0 saturated carbocycles. The van der Waals surface area contributed by atoms with Crippen LogP contribution >= 0.6 is 0 Å². The fourth-order valence-electron chi connectivity index (χ4n) is 3.81. The summed E-state index contributed by atoms with van der Waals surface area (Å²) >= 11 is 0. The largest absolute Gasteiger partial charge is 0.497 e. The van der Waals surface area contributed by atoms with Crippen LogP contribution in [0.4, 0.5) is 0 Å². The summed E-state index contributed by atoms with van der Waals surface area (Å²) in [5, 5.41) is 0. The summed E-state index contributed by atoms with van der Waals surface area (Å²) in [6.07, 6.45) is 0. The van der Waals surface area contributed by atoms with Crippen molar-refractivity contribution in [2.45, 2.75) is 5.54 Å². The summed E-state index contributed by atoms with van der Waals surface area (Å²) in [6.45, 7) is 0. The molecule has 0 bridgehead atoms. The van der Waals surface area contributed by atoms with Crippen molar-refractivity contribution < 1.29 is 14.3 Å². The lowest BCUT2D eigenvalue weighted by Gasteiger charge is -2.26. The van der Waals surface area contributed by atoms with Crippen LogP contribution in [0, 0.1) is 0 Å². The molecule has 3 aromatic carbocycles. The number of rotatable bonds is 5. The van der Waals surface area contributed by atoms with E-state index in [4.69, 9.17) is 15.2 Å². The van der Waals surface area contributed by atoms with Gasteiger partial charge in [0.2, 0.25) is 0 Å². The lowest BCUT2D eigenvalue weighted by Crippen LogP contribution is -2.41. The maximum Gasteiger partial charge on any atom is 0.266 e. The zero-order valence-electron chi connectivity index (χ0n) is 17.1. The average molecular weight is 401 g/mol. The van der Waals surface area contributed by atoms with Crippen LogP contribution in [0.5, 0.6) is 11.5 Å². The molecule has 1 aliphatic heterocycles. The van der Waals surface area contributed by atoms with Gasteiger partial charge in [0.05, 0.1) is 14.2 Å². The van der Waals surface area contributed by atoms with Crippen molar-refractivity contribution in [3.63, 3.8) is 0 Å². The fourth-order valence-corrected chi connectivity index (χ4v) is 3.81. The number of benzene rings is 3. The van der Waals surface area contributed by atoms with E-state index >= 15 is 0 Å². The van der Waals surface area contributed by atoms with Crippen LogP contribution in [0.15, 0.2) is 77.8 Å². The molecule has 0 aromatic heterocycles. The molecule has 4 rings (SSSR count). The Hall–Kier alpha value is -3.80. The molecule has 6 heteroatoms. The Morgan fingerprint density at radius 3 is 2.27 bits per heavy atom. The van der Waals surface area contributed by atoms with Crippen molar-refractivity contribution in [3.05, 3.63) is 83.9 Å². The predicted molar refractivity (Wildman–Crippen MR) is 117 cm³/mol. The summed E-state index contributed by atoms with van der Waals surface area (Å²) in [5.74, 6) is 1.42. The number of guanidine groups is 1. The summed E-state index contributed by atoms with van der Waals surface area (Å²) in [4.78, 5) is 19.4. The topological polar surface area (TPSA) is 77.2 Å². The highest BCUT2D eigenvalue weighted by atomic mass is 16.5. The molecule has 0 fully saturated rings. The first-order valence-electron chi connectivity index (χ1n) is 9.53. The van der Waals surface area contributed by atoms with Gasteiger partial charge in [0.1, 0.15) is 11.5 Å². The van der Waals surface area contributed by atoms with Crippen LogP contribution in [0.1, 0.15) is 11.1 Å². The minimum atomic E-state index is -1.23. The number of aliphatic imine (C=N–C) groups is 1. The first kappa shape index (κ1) is 19.5. The highest BCUT2D eigenvalue weighted by Crippen LogP contribution is 2.41. The number of carbonyl (C=O) groups is 1. The summed E-state index contributed by atoms with van der Waals surface area (Å²) in [7, 11) is 4.89. The first-order valence-corrected chi connectivity index (χ1v) is 9.53. The van der Waals surface area contributed by atoms with Crippen LogP contribution < -0.4 is 15.2 Å². The Morgan fingerprint density at radius 1 is 0.900 bits per heavy atom. The second kappa shape index (κ2) is 7.55. The lowest BCUT2D eigenvalue weighted by molar-refractivity contribution is -0.129. The van der Waals surface area contributed by atoms with Crippen molar-refractivity contribution in [1.29, 1.82) is 0 Å². The molecule has 1 heterocycles. The van der Waals surface area contributed by atoms with Crippen molar-refractivity contribution in [2.24, 2.45) is 10.7 Å². The van der Waals surface area contributed by atoms with E-state index in [1.165, 1.54) is 4.90 Å². The average Bonchev–Trinajstić information content (AvgIpc) is 3.04. The van der Waals surface area contributed by atoms with Crippen LogP contribution in [-0.2, 0) is 10.3 Å². The first-order chi connectivity index (χ1) is 14.5. The van der Waals surface area contributed by atoms with Crippen molar-refractivity contribution >= 4 is 11.9 Å². The second-order valence-corrected chi connectivity index (χ2v) is 7.06. The smallest absolute Gasteiger partial charge is 0.266 e. The molecule has 0 radical (unpaired) electrons. The third-order valence-electron chi connectivity index (χ3n) is 5.43. The van der Waals surface area contributed by atoms with Gasteiger partial charge in [-0.05, 0) is 41.0 Å². The molecule has 1 unspecified atom stereocenters. The summed E-state index contributed by atoms with van der Waals surface area (Å²) in [5.41, 5.74) is 8.07. The van der Waals surface area contributed by atoms with Gasteiger partial charge in [-0.15, -0.1) is 0 Å². The Labute approximate surface area is 175 Å². The number of hydrogen-bond donors (Lipinski definition) is 1. The van der Waals surface area contributed by atoms with Gasteiger partial charge in [-0.3, -0.25) is 9.69 Å². The molecule has 30 heavy (non-hydrogen) atoms. The van der Waals surface area contributed by atoms with Gasteiger partial charge in [0.25, 0.3) is 5.91 Å². The van der Waals surface area contributed by atoms with E-state index in [1.54, 1.807) is 21.3 Å². The van der Waals surface area contributed by atoms with Gasteiger partial charge in [-0.25, -0.2) is 4.99 Å². The number of ether oxygens (including phenoxy) is 2. The van der Waals surface area contributed by atoms with E-state index in [9.17, 15) is 4.79 Å². The fraction of sp³-hybridized carbons (Fsp3) is 0.167. The highest BCUT2D eigenvalue weighted by molar-refractivity contribution is 6.09. The van der Waals surface area contributed by atoms with E-state index in [-0.39, 0.29) is 11.9 Å². The molecule has 1 amide bonds. The molecule has 1 atom stereocenters. The normalized spacial score (nSPS) is 18.3. The van der Waals surface area contributed by atoms with Gasteiger partial charge in [0.15, 0.2) is 11.5 Å². The van der Waals surface area contributed by atoms with Crippen LogP contribution in [0.3, 0.4) is 0 Å². The number of likely N-dealkylation sites (N-methyl/N-ethyl adjacent to an activating group) is 1. The molecular formula is C24H23N3O3. The van der Waals surface area contributed by atoms with E-state index in [0.717, 1.165) is 22.3 Å². The molecule has 0 spiro atoms. The number of nitrogens with zero attached hydrogens (tertiary/aromatic N) is 2. The zero-order valence-corrected chi connectivity index (χ0v) is 17.1. The molecule has 0 saturated heterocycles. The zero-order chi connectivity index (χ0) is 21.3. The molecule has 3 aromatic rings. The Kier molecular flexibility index (Phi) is 4.91. The van der Waals surface area contributed by atoms with Crippen molar-refractivity contribution in [2.75, 3.05) is 21.3 Å². The third kappa shape index (κ3) is 2.97. The third-order valence-corrected chi connectivity index (χ3v) is 5.43. The monoisotopic (exact) mass is 401 g/mol. The summed E-state index contributed by atoms with van der Waals surface area (Å²) in [6, 6.07) is 22.8. The standard InChI is InChI=1S/C24H23N3O3/c1-27-22(28)24(26-23(27)25,17-9-5-4-6-10-17)18-11-7-8-16(14-18)20-15-19(29-2)12-13-21(20)30-3/h4-15H,1-3H3,(H2,25,26). The molecule has 0 aliphatic carbocycles. The van der Waals surface area contributed by atoms with Gasteiger partial charge in [-0.2, -0.15) is 0 Å². The SMILES string of the molecule is COc1ccc(OC)c(-c2cccc(C3(c4ccccc4)N=C(N)N(C)C3=O)c2)c1. The van der Waals surface area contributed by atoms with E-state index < -0.39 is 5.54 Å². The Morgan fingerprint density at radius 2 is 1.63 bits per heavy atom. The van der Waals surface area contributed by atoms with Crippen LogP contribution in [0.2, 0.25) is 0 Å². The summed E-state index contributed by atoms with van der Waals surface area (Å²) < 4.78 is 10.9. The molecule has 2 N–H and O–H groups in total. The number of carbonyl (C=O) groups excluding carboxylic acids is 1. The quantitative estimate of drug-likeness (QED) is 0.711. The number of methoxy groups -OCH3 is 2. The van der Waals surface area contributed by atoms with Gasteiger partial charge < -0.3 is 15.2 Å². The van der Waals surface area contributed by atoms with Crippen LogP contribution in [0.25, 0.3) is 11.1 Å². The Bertz CT molecular complexity index is 1130. The number of hydrogen-bond acceptors (Lipinski definition) is 5. The van der Waals surface area contributed by atoms with Gasteiger partial charge in [-0.1, -0.05) is 48.5 Å². The van der Waals surface area contributed by atoms with E-state index in [1.807, 2.05) is 72.8 Å². The predicted octanol–water partition coefficient (Wildman–Crippen LogP) is 3.40. The maximum absolute atomic E-state index is 13.4. The van der Waals surface area contributed by atoms with Gasteiger partial charge >= 0.3 is 0 Å². The molecule has 152 valence electrons. The highest BCUT2D eigenvalue weighted by Gasteiger charge is 2.49. The van der Waals surface area contributed by atoms with Crippen LogP contribution in [-0.4, -0.2) is 38.0 Å². The molecule has 6 nitrogen and oxygen atoms in total. The van der Waals surface area contributed by atoms with Gasteiger partial charge in [0, 0.05) is 12.6 Å². The Balaban J connectivity index is 1.94. The molecular weight excluding hydrogens is 378 g/mol. The van der Waals surface area contributed by atoms with Crippen molar-refractivity contribution in [1.82, 2.24) is 4.90 Å².